The second-order valence-electron chi connectivity index (χ2n) is 19.0. The molecular formula is C70H42O2. The fourth-order valence-corrected chi connectivity index (χ4v) is 11.8. The average Bonchev–Trinajstić information content (AvgIpc) is 4.01. The van der Waals surface area contributed by atoms with E-state index in [1.165, 1.54) is 87.6 Å². The minimum absolute atomic E-state index is 0.885. The zero-order valence-electron chi connectivity index (χ0n) is 39.1. The van der Waals surface area contributed by atoms with Crippen LogP contribution in [0, 0.1) is 0 Å². The Kier molecular flexibility index (Phi) is 8.99. The van der Waals surface area contributed by atoms with E-state index in [4.69, 9.17) is 8.83 Å². The van der Waals surface area contributed by atoms with Gasteiger partial charge in [-0.05, 0) is 152 Å². The molecule has 0 saturated carbocycles. The van der Waals surface area contributed by atoms with Crippen molar-refractivity contribution in [3.05, 3.63) is 255 Å². The van der Waals surface area contributed by atoms with Gasteiger partial charge in [0.15, 0.2) is 0 Å². The first kappa shape index (κ1) is 40.4. The third-order valence-corrected chi connectivity index (χ3v) is 15.1. The third kappa shape index (κ3) is 6.29. The van der Waals surface area contributed by atoms with Gasteiger partial charge in [-0.1, -0.05) is 212 Å². The Balaban J connectivity index is 0.756. The molecule has 0 bridgehead atoms. The van der Waals surface area contributed by atoms with Gasteiger partial charge in [-0.25, -0.2) is 0 Å². The molecule has 0 amide bonds. The summed E-state index contributed by atoms with van der Waals surface area (Å²) in [6.07, 6.45) is 0. The summed E-state index contributed by atoms with van der Waals surface area (Å²) in [4.78, 5) is 0. The van der Waals surface area contributed by atoms with E-state index >= 15 is 0 Å². The van der Waals surface area contributed by atoms with Crippen LogP contribution in [0.1, 0.15) is 0 Å². The van der Waals surface area contributed by atoms with E-state index in [1.807, 2.05) is 12.1 Å². The van der Waals surface area contributed by atoms with Gasteiger partial charge >= 0.3 is 0 Å². The first-order valence-corrected chi connectivity index (χ1v) is 24.7. The second-order valence-corrected chi connectivity index (χ2v) is 19.0. The van der Waals surface area contributed by atoms with Gasteiger partial charge in [0, 0.05) is 21.5 Å². The van der Waals surface area contributed by atoms with Crippen LogP contribution in [0.25, 0.3) is 154 Å². The molecule has 0 aliphatic carbocycles. The van der Waals surface area contributed by atoms with Gasteiger partial charge in [-0.15, -0.1) is 0 Å². The summed E-state index contributed by atoms with van der Waals surface area (Å²) in [5, 5.41) is 14.4. The topological polar surface area (TPSA) is 26.3 Å². The predicted octanol–water partition coefficient (Wildman–Crippen LogP) is 20.1. The van der Waals surface area contributed by atoms with Crippen molar-refractivity contribution < 1.29 is 8.83 Å². The minimum atomic E-state index is 0.885. The highest BCUT2D eigenvalue weighted by atomic mass is 16.3. The van der Waals surface area contributed by atoms with E-state index < -0.39 is 0 Å². The first-order valence-electron chi connectivity index (χ1n) is 24.7. The van der Waals surface area contributed by atoms with Crippen molar-refractivity contribution >= 4 is 87.0 Å². The number of hydrogen-bond donors (Lipinski definition) is 0. The molecular weight excluding hydrogens is 873 g/mol. The van der Waals surface area contributed by atoms with Crippen LogP contribution in [0.4, 0.5) is 0 Å². The molecule has 2 nitrogen and oxygen atoms in total. The van der Waals surface area contributed by atoms with Crippen LogP contribution < -0.4 is 0 Å². The lowest BCUT2D eigenvalue weighted by Gasteiger charge is -2.18. The zero-order valence-corrected chi connectivity index (χ0v) is 39.1. The van der Waals surface area contributed by atoms with Crippen LogP contribution in [-0.2, 0) is 0 Å². The normalized spacial score (nSPS) is 11.9. The number of fused-ring (bicyclic) bond motifs is 10. The van der Waals surface area contributed by atoms with Crippen LogP contribution in [0.15, 0.2) is 264 Å². The Morgan fingerprint density at radius 3 is 0.903 bits per heavy atom. The lowest BCUT2D eigenvalue weighted by molar-refractivity contribution is 0.668. The number of hydrogen-bond acceptors (Lipinski definition) is 2. The Bertz CT molecular complexity index is 4540. The first-order chi connectivity index (χ1) is 35.7. The Morgan fingerprint density at radius 2 is 0.444 bits per heavy atom. The lowest BCUT2D eigenvalue weighted by atomic mass is 9.85. The van der Waals surface area contributed by atoms with E-state index in [9.17, 15) is 0 Å². The van der Waals surface area contributed by atoms with E-state index in [-0.39, 0.29) is 0 Å². The number of furan rings is 2. The maximum Gasteiger partial charge on any atom is 0.136 e. The molecule has 0 atom stereocenters. The maximum atomic E-state index is 6.63. The number of para-hydroxylation sites is 1. The summed E-state index contributed by atoms with van der Waals surface area (Å²) in [6.45, 7) is 0. The monoisotopic (exact) mass is 914 g/mol. The molecule has 13 aromatic carbocycles. The summed E-state index contributed by atoms with van der Waals surface area (Å²) in [7, 11) is 0. The van der Waals surface area contributed by atoms with Crippen LogP contribution >= 0.6 is 0 Å². The maximum absolute atomic E-state index is 6.63. The van der Waals surface area contributed by atoms with Crippen molar-refractivity contribution in [2.24, 2.45) is 0 Å². The van der Waals surface area contributed by atoms with Crippen molar-refractivity contribution in [3.63, 3.8) is 0 Å². The van der Waals surface area contributed by atoms with Gasteiger partial charge in [0.1, 0.15) is 22.3 Å². The van der Waals surface area contributed by atoms with Gasteiger partial charge in [-0.2, -0.15) is 0 Å². The molecule has 0 radical (unpaired) electrons. The SMILES string of the molecule is c1ccc(-c2c3ccccc3c(-c3ccc4c(c3)oc3ccc(-c5ccc(-c6ccc(-c7c8ccccc8c(-c8ccc9c(c8)oc8ccccc89)c8ccccc78)cc6)cc5)cc34)c3ccccc23)cc1. The van der Waals surface area contributed by atoms with E-state index in [0.717, 1.165) is 66.1 Å². The standard InChI is InChI=1S/C70H42O2/c1-2-14-46(15-3-1)67-54-17-4-8-21-58(54)70(59-22-9-5-18-55(59)67)50-35-38-53-62-40-48(36-39-64(62)72-66(53)42-50)45-28-26-43(27-29-45)44-30-32-47(33-31-44)68-56-19-6-10-23-60(56)69(61-24-11-7-20-57(61)68)49-34-37-52-51-16-12-13-25-63(51)71-65(52)41-49/h1-42H. The molecule has 0 aliphatic rings. The Morgan fingerprint density at radius 1 is 0.153 bits per heavy atom. The van der Waals surface area contributed by atoms with Crippen LogP contribution in [0.2, 0.25) is 0 Å². The van der Waals surface area contributed by atoms with Crippen molar-refractivity contribution in [2.45, 2.75) is 0 Å². The molecule has 0 spiro atoms. The summed E-state index contributed by atoms with van der Waals surface area (Å²) in [5.41, 5.74) is 17.9. The van der Waals surface area contributed by atoms with Crippen molar-refractivity contribution in [2.75, 3.05) is 0 Å². The highest BCUT2D eigenvalue weighted by Crippen LogP contribution is 2.47. The highest BCUT2D eigenvalue weighted by molar-refractivity contribution is 6.23. The third-order valence-electron chi connectivity index (χ3n) is 15.1. The minimum Gasteiger partial charge on any atom is -0.456 e. The van der Waals surface area contributed by atoms with Gasteiger partial charge in [-0.3, -0.25) is 0 Å². The highest BCUT2D eigenvalue weighted by Gasteiger charge is 2.20. The quantitative estimate of drug-likeness (QED) is 0.155. The Labute approximate surface area is 415 Å². The fraction of sp³-hybridized carbons (Fsp3) is 0. The zero-order chi connectivity index (χ0) is 47.3. The predicted molar refractivity (Wildman–Crippen MR) is 304 cm³/mol. The summed E-state index contributed by atoms with van der Waals surface area (Å²) in [5.74, 6) is 0. The van der Waals surface area contributed by atoms with E-state index in [0.29, 0.717) is 0 Å². The molecule has 334 valence electrons. The number of rotatable bonds is 6. The van der Waals surface area contributed by atoms with Gasteiger partial charge in [0.25, 0.3) is 0 Å². The molecule has 15 rings (SSSR count). The molecule has 0 fully saturated rings. The second kappa shape index (κ2) is 16.0. The van der Waals surface area contributed by atoms with E-state index in [2.05, 4.69) is 243 Å². The summed E-state index contributed by atoms with van der Waals surface area (Å²) in [6, 6.07) is 92.4. The summed E-state index contributed by atoms with van der Waals surface area (Å²) >= 11 is 0. The smallest absolute Gasteiger partial charge is 0.136 e. The molecule has 0 aliphatic heterocycles. The molecule has 2 aromatic heterocycles. The van der Waals surface area contributed by atoms with Gasteiger partial charge < -0.3 is 8.83 Å². The molecule has 0 N–H and O–H groups in total. The van der Waals surface area contributed by atoms with Crippen LogP contribution in [0.3, 0.4) is 0 Å². The molecule has 2 heterocycles. The molecule has 15 aromatic rings. The van der Waals surface area contributed by atoms with Gasteiger partial charge in [0.05, 0.1) is 0 Å². The average molecular weight is 915 g/mol. The number of benzene rings is 13. The van der Waals surface area contributed by atoms with Crippen LogP contribution in [-0.4, -0.2) is 0 Å². The molecule has 0 unspecified atom stereocenters. The Hall–Kier alpha value is -9.50. The molecule has 0 saturated heterocycles. The lowest BCUT2D eigenvalue weighted by Crippen LogP contribution is -1.91. The molecule has 2 heteroatoms. The van der Waals surface area contributed by atoms with Crippen LogP contribution in [0.5, 0.6) is 0 Å². The van der Waals surface area contributed by atoms with Gasteiger partial charge in [0.2, 0.25) is 0 Å². The van der Waals surface area contributed by atoms with Crippen molar-refractivity contribution in [3.8, 4) is 66.8 Å². The van der Waals surface area contributed by atoms with Crippen molar-refractivity contribution in [1.82, 2.24) is 0 Å². The van der Waals surface area contributed by atoms with Crippen molar-refractivity contribution in [1.29, 1.82) is 0 Å². The molecule has 72 heavy (non-hydrogen) atoms. The van der Waals surface area contributed by atoms with E-state index in [1.54, 1.807) is 0 Å². The fourth-order valence-electron chi connectivity index (χ4n) is 11.8. The summed E-state index contributed by atoms with van der Waals surface area (Å²) < 4.78 is 13.0. The largest absolute Gasteiger partial charge is 0.456 e.